The van der Waals surface area contributed by atoms with Gasteiger partial charge in [0.1, 0.15) is 5.75 Å². The Labute approximate surface area is 178 Å². The topological polar surface area (TPSA) is 128 Å². The molecule has 2 aromatic carbocycles. The summed E-state index contributed by atoms with van der Waals surface area (Å²) in [5.74, 6) is -1.22. The van der Waals surface area contributed by atoms with Crippen LogP contribution in [0.2, 0.25) is 0 Å². The van der Waals surface area contributed by atoms with Gasteiger partial charge in [-0.15, -0.1) is 0 Å². The molecule has 0 saturated carbocycles. The molecule has 2 aromatic rings. The van der Waals surface area contributed by atoms with Crippen molar-refractivity contribution < 1.29 is 28.8 Å². The van der Waals surface area contributed by atoms with E-state index in [2.05, 4.69) is 5.32 Å². The summed E-state index contributed by atoms with van der Waals surface area (Å²) in [6.45, 7) is -0.793. The molecule has 162 valence electrons. The van der Waals surface area contributed by atoms with Crippen molar-refractivity contribution in [3.63, 3.8) is 0 Å². The van der Waals surface area contributed by atoms with Crippen LogP contribution in [-0.2, 0) is 19.1 Å². The molecule has 31 heavy (non-hydrogen) atoms. The number of ether oxygens (including phenoxy) is 2. The van der Waals surface area contributed by atoms with Crippen molar-refractivity contribution in [1.82, 2.24) is 4.90 Å². The molecule has 0 bridgehead atoms. The Morgan fingerprint density at radius 3 is 2.61 bits per heavy atom. The summed E-state index contributed by atoms with van der Waals surface area (Å²) in [6.07, 6.45) is 2.40. The molecule has 0 aliphatic carbocycles. The van der Waals surface area contributed by atoms with E-state index in [9.17, 15) is 24.5 Å². The third kappa shape index (κ3) is 7.61. The number of carbonyl (C=O) groups is 3. The Kier molecular flexibility index (Phi) is 8.26. The number of nitrogens with one attached hydrogen (secondary N) is 1. The summed E-state index contributed by atoms with van der Waals surface area (Å²) in [4.78, 5) is 47.3. The number of rotatable bonds is 9. The number of likely N-dealkylation sites (N-methyl/N-ethyl adjacent to an activating group) is 1. The summed E-state index contributed by atoms with van der Waals surface area (Å²) in [5, 5.41) is 13.4. The quantitative estimate of drug-likeness (QED) is 0.281. The lowest BCUT2D eigenvalue weighted by Gasteiger charge is -2.16. The van der Waals surface area contributed by atoms with Crippen LogP contribution in [0.25, 0.3) is 6.08 Å². The van der Waals surface area contributed by atoms with Gasteiger partial charge in [-0.1, -0.05) is 18.2 Å². The van der Waals surface area contributed by atoms with Crippen LogP contribution in [0.5, 0.6) is 5.75 Å². The van der Waals surface area contributed by atoms with Crippen LogP contribution in [0.4, 0.5) is 11.4 Å². The van der Waals surface area contributed by atoms with Gasteiger partial charge < -0.3 is 19.7 Å². The van der Waals surface area contributed by atoms with E-state index in [0.717, 1.165) is 11.0 Å². The molecule has 0 radical (unpaired) electrons. The molecule has 2 amide bonds. The lowest BCUT2D eigenvalue weighted by molar-refractivity contribution is -0.384. The van der Waals surface area contributed by atoms with Gasteiger partial charge in [0, 0.05) is 37.0 Å². The molecule has 0 spiro atoms. The van der Waals surface area contributed by atoms with E-state index in [4.69, 9.17) is 9.47 Å². The molecular formula is C21H21N3O7. The largest absolute Gasteiger partial charge is 0.497 e. The summed E-state index contributed by atoms with van der Waals surface area (Å²) in [5.41, 5.74) is 0.839. The van der Waals surface area contributed by atoms with Gasteiger partial charge in [-0.05, 0) is 23.8 Å². The van der Waals surface area contributed by atoms with Gasteiger partial charge >= 0.3 is 5.97 Å². The Morgan fingerprint density at radius 2 is 1.90 bits per heavy atom. The lowest BCUT2D eigenvalue weighted by atomic mass is 10.2. The van der Waals surface area contributed by atoms with Crippen molar-refractivity contribution in [2.45, 2.75) is 0 Å². The van der Waals surface area contributed by atoms with Crippen molar-refractivity contribution in [2.24, 2.45) is 0 Å². The van der Waals surface area contributed by atoms with Crippen molar-refractivity contribution in [3.05, 3.63) is 70.3 Å². The highest BCUT2D eigenvalue weighted by Gasteiger charge is 2.15. The highest BCUT2D eigenvalue weighted by molar-refractivity contribution is 5.95. The number of anilines is 1. The van der Waals surface area contributed by atoms with Crippen LogP contribution in [0.1, 0.15) is 5.56 Å². The van der Waals surface area contributed by atoms with E-state index < -0.39 is 29.3 Å². The fourth-order valence-electron chi connectivity index (χ4n) is 2.40. The molecule has 0 fully saturated rings. The second kappa shape index (κ2) is 11.1. The lowest BCUT2D eigenvalue weighted by Crippen LogP contribution is -2.37. The first kappa shape index (κ1) is 23.1. The Hall–Kier alpha value is -4.21. The van der Waals surface area contributed by atoms with Crippen LogP contribution in [-0.4, -0.2) is 54.9 Å². The monoisotopic (exact) mass is 427 g/mol. The summed E-state index contributed by atoms with van der Waals surface area (Å²) < 4.78 is 9.93. The predicted molar refractivity (Wildman–Crippen MR) is 112 cm³/mol. The van der Waals surface area contributed by atoms with E-state index >= 15 is 0 Å². The van der Waals surface area contributed by atoms with Crippen molar-refractivity contribution in [3.8, 4) is 5.75 Å². The molecule has 0 atom stereocenters. The van der Waals surface area contributed by atoms with E-state index in [0.29, 0.717) is 17.0 Å². The van der Waals surface area contributed by atoms with Crippen molar-refractivity contribution in [2.75, 3.05) is 32.6 Å². The van der Waals surface area contributed by atoms with Crippen molar-refractivity contribution >= 4 is 35.2 Å². The van der Waals surface area contributed by atoms with Gasteiger partial charge in [-0.3, -0.25) is 19.7 Å². The summed E-state index contributed by atoms with van der Waals surface area (Å²) in [7, 11) is 2.91. The number of nitro groups is 1. The fraction of sp³-hybridized carbons (Fsp3) is 0.190. The number of nitro benzene ring substituents is 1. The number of carbonyl (C=O) groups excluding carboxylic acids is 3. The SMILES string of the molecule is COc1cccc(NC(=O)CN(C)C(=O)COC(=O)/C=C/c2cccc([N+](=O)[O-])c2)c1. The number of methoxy groups -OCH3 is 1. The number of esters is 1. The second-order valence-corrected chi connectivity index (χ2v) is 6.32. The zero-order valence-electron chi connectivity index (χ0n) is 16.9. The highest BCUT2D eigenvalue weighted by Crippen LogP contribution is 2.16. The molecular weight excluding hydrogens is 406 g/mol. The first-order chi connectivity index (χ1) is 14.8. The molecule has 10 heteroatoms. The maximum absolute atomic E-state index is 12.1. The Bertz CT molecular complexity index is 1000. The Morgan fingerprint density at radius 1 is 1.16 bits per heavy atom. The van der Waals surface area contributed by atoms with Crippen molar-refractivity contribution in [1.29, 1.82) is 0 Å². The van der Waals surface area contributed by atoms with E-state index in [1.165, 1.54) is 38.4 Å². The van der Waals surface area contributed by atoms with E-state index in [1.54, 1.807) is 30.3 Å². The molecule has 0 aliphatic rings. The average Bonchev–Trinajstić information content (AvgIpc) is 2.76. The molecule has 0 heterocycles. The van der Waals surface area contributed by atoms with Crippen LogP contribution in [0, 0.1) is 10.1 Å². The van der Waals surface area contributed by atoms with Gasteiger partial charge in [-0.2, -0.15) is 0 Å². The molecule has 0 saturated heterocycles. The minimum atomic E-state index is -0.797. The minimum absolute atomic E-state index is 0.112. The third-order valence-corrected chi connectivity index (χ3v) is 3.99. The van der Waals surface area contributed by atoms with Gasteiger partial charge in [0.15, 0.2) is 6.61 Å². The number of benzene rings is 2. The molecule has 10 nitrogen and oxygen atoms in total. The number of nitrogens with zero attached hydrogens (tertiary/aromatic N) is 2. The molecule has 1 N–H and O–H groups in total. The predicted octanol–water partition coefficient (Wildman–Crippen LogP) is 2.26. The molecule has 2 rings (SSSR count). The zero-order chi connectivity index (χ0) is 22.8. The van der Waals surface area contributed by atoms with Crippen LogP contribution < -0.4 is 10.1 Å². The molecule has 0 aliphatic heterocycles. The first-order valence-corrected chi connectivity index (χ1v) is 9.05. The number of hydrogen-bond acceptors (Lipinski definition) is 7. The normalized spacial score (nSPS) is 10.4. The number of hydrogen-bond donors (Lipinski definition) is 1. The van der Waals surface area contributed by atoms with Crippen LogP contribution in [0.15, 0.2) is 54.6 Å². The number of amides is 2. The van der Waals surface area contributed by atoms with Gasteiger partial charge in [0.2, 0.25) is 5.91 Å². The van der Waals surface area contributed by atoms with E-state index in [-0.39, 0.29) is 12.2 Å². The standard InChI is InChI=1S/C21H21N3O7/c1-23(13-19(25)22-16-6-4-8-18(12-16)30-2)20(26)14-31-21(27)10-9-15-5-3-7-17(11-15)24(28)29/h3-12H,13-14H2,1-2H3,(H,22,25)/b10-9+. The minimum Gasteiger partial charge on any atom is -0.497 e. The smallest absolute Gasteiger partial charge is 0.331 e. The van der Waals surface area contributed by atoms with Gasteiger partial charge in [0.25, 0.3) is 11.6 Å². The summed E-state index contributed by atoms with van der Waals surface area (Å²) in [6, 6.07) is 12.4. The Balaban J connectivity index is 1.80. The number of non-ortho nitro benzene ring substituents is 1. The maximum Gasteiger partial charge on any atom is 0.331 e. The fourth-order valence-corrected chi connectivity index (χ4v) is 2.40. The zero-order valence-corrected chi connectivity index (χ0v) is 16.9. The highest BCUT2D eigenvalue weighted by atomic mass is 16.6. The average molecular weight is 427 g/mol. The van der Waals surface area contributed by atoms with Gasteiger partial charge in [-0.25, -0.2) is 4.79 Å². The first-order valence-electron chi connectivity index (χ1n) is 9.05. The van der Waals surface area contributed by atoms with E-state index in [1.807, 2.05) is 0 Å². The van der Waals surface area contributed by atoms with Crippen LogP contribution in [0.3, 0.4) is 0 Å². The maximum atomic E-state index is 12.1. The summed E-state index contributed by atoms with van der Waals surface area (Å²) >= 11 is 0. The third-order valence-electron chi connectivity index (χ3n) is 3.99. The van der Waals surface area contributed by atoms with Gasteiger partial charge in [0.05, 0.1) is 18.6 Å². The second-order valence-electron chi connectivity index (χ2n) is 6.32. The van der Waals surface area contributed by atoms with Crippen LogP contribution >= 0.6 is 0 Å². The molecule has 0 unspecified atom stereocenters. The molecule has 0 aromatic heterocycles.